The van der Waals surface area contributed by atoms with E-state index in [9.17, 15) is 8.42 Å². The molecule has 2 aromatic carbocycles. The summed E-state index contributed by atoms with van der Waals surface area (Å²) in [4.78, 5) is 0.131. The Morgan fingerprint density at radius 1 is 0.917 bits per heavy atom. The molecule has 1 N–H and O–H groups in total. The highest BCUT2D eigenvalue weighted by atomic mass is 35.5. The minimum atomic E-state index is -3.67. The molecule has 0 atom stereocenters. The van der Waals surface area contributed by atoms with Gasteiger partial charge in [0.15, 0.2) is 11.5 Å². The van der Waals surface area contributed by atoms with Crippen molar-refractivity contribution in [2.24, 2.45) is 0 Å². The van der Waals surface area contributed by atoms with Gasteiger partial charge >= 0.3 is 0 Å². The Bertz CT molecular complexity index is 806. The Morgan fingerprint density at radius 3 is 2.00 bits per heavy atom. The second-order valence-electron chi connectivity index (χ2n) is 4.80. The van der Waals surface area contributed by atoms with E-state index in [-0.39, 0.29) is 11.4 Å². The van der Waals surface area contributed by atoms with Gasteiger partial charge < -0.3 is 14.2 Å². The molecule has 0 heterocycles. The fourth-order valence-electron chi connectivity index (χ4n) is 2.10. The average Bonchev–Trinajstić information content (AvgIpc) is 2.59. The second kappa shape index (κ2) is 7.74. The van der Waals surface area contributed by atoms with Crippen molar-refractivity contribution in [3.8, 4) is 17.2 Å². The molecule has 0 radical (unpaired) electrons. The van der Waals surface area contributed by atoms with Gasteiger partial charge in [-0.15, -0.1) is 0 Å². The summed E-state index contributed by atoms with van der Waals surface area (Å²) in [5, 5.41) is 0.468. The van der Waals surface area contributed by atoms with Crippen molar-refractivity contribution in [1.29, 1.82) is 0 Å². The van der Waals surface area contributed by atoms with E-state index in [0.717, 1.165) is 0 Å². The van der Waals surface area contributed by atoms with Gasteiger partial charge in [-0.1, -0.05) is 11.6 Å². The maximum absolute atomic E-state index is 12.3. The van der Waals surface area contributed by atoms with Crippen molar-refractivity contribution in [3.63, 3.8) is 0 Å². The van der Waals surface area contributed by atoms with Crippen LogP contribution in [-0.2, 0) is 16.6 Å². The number of halogens is 1. The van der Waals surface area contributed by atoms with Crippen LogP contribution in [0.15, 0.2) is 41.3 Å². The third-order valence-corrected chi connectivity index (χ3v) is 5.03. The van der Waals surface area contributed by atoms with Crippen LogP contribution in [0.1, 0.15) is 5.56 Å². The fraction of sp³-hybridized carbons (Fsp3) is 0.250. The maximum atomic E-state index is 12.3. The van der Waals surface area contributed by atoms with Crippen LogP contribution in [0.3, 0.4) is 0 Å². The molecule has 0 aromatic heterocycles. The number of sulfonamides is 1. The highest BCUT2D eigenvalue weighted by Gasteiger charge is 2.17. The molecule has 0 fully saturated rings. The Kier molecular flexibility index (Phi) is 5.93. The molecule has 8 heteroatoms. The van der Waals surface area contributed by atoms with Gasteiger partial charge in [-0.05, 0) is 30.3 Å². The van der Waals surface area contributed by atoms with E-state index in [1.807, 2.05) is 0 Å². The first kappa shape index (κ1) is 18.4. The van der Waals surface area contributed by atoms with E-state index >= 15 is 0 Å². The number of benzene rings is 2. The van der Waals surface area contributed by atoms with Crippen LogP contribution in [-0.4, -0.2) is 29.7 Å². The first-order valence-electron chi connectivity index (χ1n) is 6.95. The van der Waals surface area contributed by atoms with Crippen LogP contribution in [0.4, 0.5) is 0 Å². The van der Waals surface area contributed by atoms with Crippen molar-refractivity contribution in [3.05, 3.63) is 47.0 Å². The van der Waals surface area contributed by atoms with Crippen LogP contribution in [0, 0.1) is 0 Å². The summed E-state index contributed by atoms with van der Waals surface area (Å²) in [6.07, 6.45) is 0. The maximum Gasteiger partial charge on any atom is 0.240 e. The fourth-order valence-corrected chi connectivity index (χ4v) is 3.23. The molecule has 130 valence electrons. The summed E-state index contributed by atoms with van der Waals surface area (Å²) in [6.45, 7) is 0.0362. The minimum Gasteiger partial charge on any atom is -0.496 e. The number of rotatable bonds is 7. The second-order valence-corrected chi connectivity index (χ2v) is 7.00. The third kappa shape index (κ3) is 4.11. The minimum absolute atomic E-state index is 0.0362. The molecule has 0 aliphatic rings. The van der Waals surface area contributed by atoms with Crippen LogP contribution < -0.4 is 18.9 Å². The summed E-state index contributed by atoms with van der Waals surface area (Å²) in [5.74, 6) is 1.48. The Hall–Kier alpha value is -1.96. The molecule has 0 saturated heterocycles. The number of methoxy groups -OCH3 is 3. The van der Waals surface area contributed by atoms with Crippen LogP contribution in [0.25, 0.3) is 0 Å². The third-order valence-electron chi connectivity index (χ3n) is 3.36. The number of nitrogens with one attached hydrogen (secondary N) is 1. The van der Waals surface area contributed by atoms with E-state index in [1.165, 1.54) is 45.6 Å². The molecule has 24 heavy (non-hydrogen) atoms. The van der Waals surface area contributed by atoms with E-state index in [4.69, 9.17) is 25.8 Å². The Balaban J connectivity index is 2.26. The van der Waals surface area contributed by atoms with Gasteiger partial charge in [0.05, 0.1) is 26.2 Å². The van der Waals surface area contributed by atoms with Gasteiger partial charge in [-0.2, -0.15) is 0 Å². The predicted molar refractivity (Wildman–Crippen MR) is 91.6 cm³/mol. The molecule has 0 spiro atoms. The van der Waals surface area contributed by atoms with E-state index < -0.39 is 10.0 Å². The van der Waals surface area contributed by atoms with E-state index in [1.54, 1.807) is 12.1 Å². The predicted octanol–water partition coefficient (Wildman–Crippen LogP) is 2.84. The first-order chi connectivity index (χ1) is 11.4. The summed E-state index contributed by atoms with van der Waals surface area (Å²) in [5.41, 5.74) is 0.618. The van der Waals surface area contributed by atoms with Gasteiger partial charge in [-0.25, -0.2) is 13.1 Å². The monoisotopic (exact) mass is 371 g/mol. The smallest absolute Gasteiger partial charge is 0.240 e. The number of ether oxygens (including phenoxy) is 3. The summed E-state index contributed by atoms with van der Waals surface area (Å²) in [7, 11) is 0.847. The molecule has 0 bridgehead atoms. The van der Waals surface area contributed by atoms with Gasteiger partial charge in [-0.3, -0.25) is 0 Å². The molecule has 2 aromatic rings. The topological polar surface area (TPSA) is 73.9 Å². The Morgan fingerprint density at radius 2 is 1.46 bits per heavy atom. The zero-order chi connectivity index (χ0) is 17.7. The molecule has 0 aliphatic heterocycles. The molecule has 0 unspecified atom stereocenters. The molecule has 6 nitrogen and oxygen atoms in total. The molecular formula is C16H18ClNO5S. The van der Waals surface area contributed by atoms with E-state index in [2.05, 4.69) is 4.72 Å². The number of hydrogen-bond acceptors (Lipinski definition) is 5. The lowest BCUT2D eigenvalue weighted by Gasteiger charge is -2.14. The Labute approximate surface area is 146 Å². The quantitative estimate of drug-likeness (QED) is 0.810. The van der Waals surface area contributed by atoms with Crippen LogP contribution in [0.5, 0.6) is 17.2 Å². The lowest BCUT2D eigenvalue weighted by atomic mass is 10.1. The molecule has 2 rings (SSSR count). The number of hydrogen-bond donors (Lipinski definition) is 1. The largest absolute Gasteiger partial charge is 0.496 e. The van der Waals surface area contributed by atoms with Gasteiger partial charge in [0.25, 0.3) is 0 Å². The summed E-state index contributed by atoms with van der Waals surface area (Å²) >= 11 is 5.78. The van der Waals surface area contributed by atoms with Crippen LogP contribution >= 0.6 is 11.6 Å². The zero-order valence-electron chi connectivity index (χ0n) is 13.5. The SMILES string of the molecule is COc1cc(OC)c(OC)cc1CNS(=O)(=O)c1ccc(Cl)cc1. The van der Waals surface area contributed by atoms with E-state index in [0.29, 0.717) is 27.8 Å². The van der Waals surface area contributed by atoms with Crippen LogP contribution in [0.2, 0.25) is 5.02 Å². The lowest BCUT2D eigenvalue weighted by Crippen LogP contribution is -2.23. The van der Waals surface area contributed by atoms with Crippen molar-refractivity contribution in [2.75, 3.05) is 21.3 Å². The molecule has 0 amide bonds. The van der Waals surface area contributed by atoms with Crippen molar-refractivity contribution < 1.29 is 22.6 Å². The molecular weight excluding hydrogens is 354 g/mol. The molecule has 0 saturated carbocycles. The van der Waals surface area contributed by atoms with Gasteiger partial charge in [0.1, 0.15) is 5.75 Å². The first-order valence-corrected chi connectivity index (χ1v) is 8.81. The van der Waals surface area contributed by atoms with Crippen molar-refractivity contribution in [1.82, 2.24) is 4.72 Å². The highest BCUT2D eigenvalue weighted by molar-refractivity contribution is 7.89. The summed E-state index contributed by atoms with van der Waals surface area (Å²) in [6, 6.07) is 9.24. The molecule has 0 aliphatic carbocycles. The normalized spacial score (nSPS) is 11.2. The lowest BCUT2D eigenvalue weighted by molar-refractivity contribution is 0.347. The van der Waals surface area contributed by atoms with Gasteiger partial charge in [0.2, 0.25) is 10.0 Å². The standard InChI is InChI=1S/C16H18ClNO5S/c1-21-14-9-16(23-3)15(22-2)8-11(14)10-18-24(19,20)13-6-4-12(17)5-7-13/h4-9,18H,10H2,1-3H3. The van der Waals surface area contributed by atoms with Crippen molar-refractivity contribution in [2.45, 2.75) is 11.4 Å². The highest BCUT2D eigenvalue weighted by Crippen LogP contribution is 2.34. The zero-order valence-corrected chi connectivity index (χ0v) is 15.1. The summed E-state index contributed by atoms with van der Waals surface area (Å²) < 4.78 is 42.9. The average molecular weight is 372 g/mol. The van der Waals surface area contributed by atoms with Gasteiger partial charge in [0, 0.05) is 23.2 Å². The van der Waals surface area contributed by atoms with Crippen molar-refractivity contribution >= 4 is 21.6 Å².